The van der Waals surface area contributed by atoms with Gasteiger partial charge in [0.25, 0.3) is 0 Å². The molecule has 1 aromatic carbocycles. The Morgan fingerprint density at radius 1 is 1.29 bits per heavy atom. The van der Waals surface area contributed by atoms with Crippen molar-refractivity contribution in [3.05, 3.63) is 28.8 Å². The van der Waals surface area contributed by atoms with E-state index in [2.05, 4.69) is 10.6 Å². The van der Waals surface area contributed by atoms with Crippen LogP contribution in [0.1, 0.15) is 23.6 Å². The number of hydrogen-bond donors (Lipinski definition) is 2. The number of nitrogens with one attached hydrogen (secondary N) is 2. The molecule has 6 heteroatoms. The average Bonchev–Trinajstić information content (AvgIpc) is 2.50. The van der Waals surface area contributed by atoms with Gasteiger partial charge < -0.3 is 20.3 Å². The van der Waals surface area contributed by atoms with Crippen molar-refractivity contribution in [2.24, 2.45) is 0 Å². The molecular formula is C18H27N3O3. The predicted octanol–water partition coefficient (Wildman–Crippen LogP) is 1.39. The first kappa shape index (κ1) is 18.4. The van der Waals surface area contributed by atoms with Crippen molar-refractivity contribution in [1.29, 1.82) is 0 Å². The molecule has 0 spiro atoms. The van der Waals surface area contributed by atoms with E-state index < -0.39 is 6.04 Å². The van der Waals surface area contributed by atoms with Crippen LogP contribution in [0, 0.1) is 20.8 Å². The summed E-state index contributed by atoms with van der Waals surface area (Å²) in [7, 11) is 1.64. The summed E-state index contributed by atoms with van der Waals surface area (Å²) >= 11 is 0. The number of carbonyl (C=O) groups excluding carboxylic acids is 2. The summed E-state index contributed by atoms with van der Waals surface area (Å²) in [6, 6.07) is 3.66. The van der Waals surface area contributed by atoms with Crippen molar-refractivity contribution in [1.82, 2.24) is 10.2 Å². The van der Waals surface area contributed by atoms with E-state index in [1.165, 1.54) is 4.90 Å². The fourth-order valence-corrected chi connectivity index (χ4v) is 3.10. The molecular weight excluding hydrogens is 306 g/mol. The van der Waals surface area contributed by atoms with Gasteiger partial charge in [-0.25, -0.2) is 0 Å². The van der Waals surface area contributed by atoms with E-state index in [0.29, 0.717) is 13.2 Å². The van der Waals surface area contributed by atoms with Crippen LogP contribution in [0.15, 0.2) is 12.1 Å². The topological polar surface area (TPSA) is 70.7 Å². The van der Waals surface area contributed by atoms with Gasteiger partial charge in [0.2, 0.25) is 11.8 Å². The van der Waals surface area contributed by atoms with E-state index in [4.69, 9.17) is 4.74 Å². The third-order valence-electron chi connectivity index (χ3n) is 4.28. The first-order chi connectivity index (χ1) is 11.3. The van der Waals surface area contributed by atoms with Crippen LogP contribution in [0.3, 0.4) is 0 Å². The third-order valence-corrected chi connectivity index (χ3v) is 4.28. The quantitative estimate of drug-likeness (QED) is 0.873. The molecule has 2 rings (SSSR count). The molecule has 2 atom stereocenters. The molecule has 24 heavy (non-hydrogen) atoms. The number of morpholine rings is 1. The zero-order valence-electron chi connectivity index (χ0n) is 15.1. The normalized spacial score (nSPS) is 20.5. The summed E-state index contributed by atoms with van der Waals surface area (Å²) in [4.78, 5) is 26.2. The van der Waals surface area contributed by atoms with Crippen LogP contribution in [-0.4, -0.2) is 55.6 Å². The van der Waals surface area contributed by atoms with Gasteiger partial charge in [0.15, 0.2) is 0 Å². The Morgan fingerprint density at radius 3 is 2.50 bits per heavy atom. The minimum atomic E-state index is -0.403. The Balaban J connectivity index is 1.98. The Kier molecular flexibility index (Phi) is 5.96. The van der Waals surface area contributed by atoms with Crippen LogP contribution in [0.4, 0.5) is 5.69 Å². The molecule has 0 aromatic heterocycles. The molecule has 0 aliphatic carbocycles. The van der Waals surface area contributed by atoms with Crippen molar-refractivity contribution in [3.8, 4) is 0 Å². The van der Waals surface area contributed by atoms with Crippen LogP contribution in [0.2, 0.25) is 0 Å². The lowest BCUT2D eigenvalue weighted by Gasteiger charge is -2.32. The van der Waals surface area contributed by atoms with Crippen LogP contribution in [0.5, 0.6) is 0 Å². The van der Waals surface area contributed by atoms with Crippen LogP contribution < -0.4 is 10.6 Å². The van der Waals surface area contributed by atoms with Gasteiger partial charge in [0, 0.05) is 19.3 Å². The summed E-state index contributed by atoms with van der Waals surface area (Å²) in [6.45, 7) is 9.07. The SMILES string of the molecule is Cc1cc(C)c(NC(=O)CN(C)C(=O)[C@H]2NCCO[C@@H]2C)c(C)c1. The summed E-state index contributed by atoms with van der Waals surface area (Å²) < 4.78 is 5.49. The molecule has 0 radical (unpaired) electrons. The highest BCUT2D eigenvalue weighted by atomic mass is 16.5. The molecule has 132 valence electrons. The number of rotatable bonds is 4. The van der Waals surface area contributed by atoms with E-state index in [1.54, 1.807) is 7.05 Å². The third kappa shape index (κ3) is 4.33. The summed E-state index contributed by atoms with van der Waals surface area (Å²) in [6.07, 6.45) is -0.196. The predicted molar refractivity (Wildman–Crippen MR) is 94.1 cm³/mol. The molecule has 2 amide bonds. The summed E-state index contributed by atoms with van der Waals surface area (Å²) in [5, 5.41) is 6.07. The second-order valence-electron chi connectivity index (χ2n) is 6.52. The molecule has 2 N–H and O–H groups in total. The number of hydrogen-bond acceptors (Lipinski definition) is 4. The van der Waals surface area contributed by atoms with Crippen LogP contribution >= 0.6 is 0 Å². The highest BCUT2D eigenvalue weighted by Gasteiger charge is 2.31. The van der Waals surface area contributed by atoms with Crippen LogP contribution in [0.25, 0.3) is 0 Å². The van der Waals surface area contributed by atoms with E-state index in [9.17, 15) is 9.59 Å². The number of aryl methyl sites for hydroxylation is 3. The van der Waals surface area contributed by atoms with Gasteiger partial charge in [-0.15, -0.1) is 0 Å². The molecule has 1 fully saturated rings. The minimum Gasteiger partial charge on any atom is -0.375 e. The fraction of sp³-hybridized carbons (Fsp3) is 0.556. The van der Waals surface area contributed by atoms with E-state index in [-0.39, 0.29) is 24.5 Å². The second kappa shape index (κ2) is 7.77. The number of likely N-dealkylation sites (N-methyl/N-ethyl adjacent to an activating group) is 1. The molecule has 0 bridgehead atoms. The van der Waals surface area contributed by atoms with Gasteiger partial charge in [0.1, 0.15) is 6.04 Å². The lowest BCUT2D eigenvalue weighted by atomic mass is 10.1. The maximum absolute atomic E-state index is 12.5. The van der Waals surface area contributed by atoms with Gasteiger partial charge in [-0.05, 0) is 38.8 Å². The first-order valence-corrected chi connectivity index (χ1v) is 8.27. The summed E-state index contributed by atoms with van der Waals surface area (Å²) in [5.41, 5.74) is 4.02. The van der Waals surface area contributed by atoms with E-state index in [0.717, 1.165) is 22.4 Å². The Bertz CT molecular complexity index is 607. The van der Waals surface area contributed by atoms with Crippen molar-refractivity contribution in [3.63, 3.8) is 0 Å². The Hall–Kier alpha value is -1.92. The standard InChI is InChI=1S/C18H27N3O3/c1-11-8-12(2)16(13(3)9-11)20-15(22)10-21(5)18(23)17-14(4)24-7-6-19-17/h8-9,14,17,19H,6-7,10H2,1-5H3,(H,20,22)/t14-,17+/m1/s1. The van der Waals surface area contributed by atoms with Gasteiger partial charge in [-0.2, -0.15) is 0 Å². The number of amides is 2. The molecule has 1 saturated heterocycles. The lowest BCUT2D eigenvalue weighted by Crippen LogP contribution is -2.56. The Morgan fingerprint density at radius 2 is 1.92 bits per heavy atom. The van der Waals surface area contributed by atoms with Crippen molar-refractivity contribution in [2.75, 3.05) is 32.1 Å². The largest absolute Gasteiger partial charge is 0.375 e. The first-order valence-electron chi connectivity index (χ1n) is 8.27. The highest BCUT2D eigenvalue weighted by Crippen LogP contribution is 2.21. The van der Waals surface area contributed by atoms with Crippen LogP contribution in [-0.2, 0) is 14.3 Å². The zero-order valence-corrected chi connectivity index (χ0v) is 15.1. The number of carbonyl (C=O) groups is 2. The van der Waals surface area contributed by atoms with Gasteiger partial charge in [0.05, 0.1) is 19.3 Å². The minimum absolute atomic E-state index is 0.0104. The molecule has 0 unspecified atom stereocenters. The second-order valence-corrected chi connectivity index (χ2v) is 6.52. The van der Waals surface area contributed by atoms with Crippen molar-refractivity contribution >= 4 is 17.5 Å². The highest BCUT2D eigenvalue weighted by molar-refractivity contribution is 5.96. The zero-order chi connectivity index (χ0) is 17.9. The lowest BCUT2D eigenvalue weighted by molar-refractivity contribution is -0.140. The molecule has 1 aliphatic rings. The molecule has 6 nitrogen and oxygen atoms in total. The van der Waals surface area contributed by atoms with Crippen molar-refractivity contribution in [2.45, 2.75) is 39.8 Å². The number of anilines is 1. The number of benzene rings is 1. The van der Waals surface area contributed by atoms with E-state index in [1.807, 2.05) is 39.8 Å². The van der Waals surface area contributed by atoms with Crippen molar-refractivity contribution < 1.29 is 14.3 Å². The molecule has 1 aliphatic heterocycles. The number of nitrogens with zero attached hydrogens (tertiary/aromatic N) is 1. The molecule has 1 aromatic rings. The smallest absolute Gasteiger partial charge is 0.243 e. The Labute approximate surface area is 143 Å². The maximum Gasteiger partial charge on any atom is 0.243 e. The molecule has 0 saturated carbocycles. The van der Waals surface area contributed by atoms with Gasteiger partial charge in [-0.3, -0.25) is 9.59 Å². The molecule has 1 heterocycles. The van der Waals surface area contributed by atoms with Gasteiger partial charge >= 0.3 is 0 Å². The van der Waals surface area contributed by atoms with E-state index >= 15 is 0 Å². The number of ether oxygens (including phenoxy) is 1. The monoisotopic (exact) mass is 333 g/mol. The average molecular weight is 333 g/mol. The maximum atomic E-state index is 12.5. The summed E-state index contributed by atoms with van der Waals surface area (Å²) in [5.74, 6) is -0.333. The van der Waals surface area contributed by atoms with Gasteiger partial charge in [-0.1, -0.05) is 17.7 Å². The fourth-order valence-electron chi connectivity index (χ4n) is 3.10.